The number of hydrogen-bond acceptors (Lipinski definition) is 1. The van der Waals surface area contributed by atoms with Crippen molar-refractivity contribution in [2.75, 3.05) is 6.54 Å². The van der Waals surface area contributed by atoms with Crippen molar-refractivity contribution in [1.29, 1.82) is 0 Å². The van der Waals surface area contributed by atoms with Crippen LogP contribution >= 0.6 is 0 Å². The van der Waals surface area contributed by atoms with Crippen LogP contribution in [0.5, 0.6) is 0 Å². The van der Waals surface area contributed by atoms with Crippen LogP contribution in [0.15, 0.2) is 42.0 Å². The Kier molecular flexibility index (Phi) is 5.47. The molecule has 0 fully saturated rings. The van der Waals surface area contributed by atoms with E-state index in [1.165, 1.54) is 37.7 Å². The van der Waals surface area contributed by atoms with E-state index in [2.05, 4.69) is 48.6 Å². The first-order valence-corrected chi connectivity index (χ1v) is 7.33. The van der Waals surface area contributed by atoms with Gasteiger partial charge in [-0.25, -0.2) is 0 Å². The van der Waals surface area contributed by atoms with E-state index in [1.807, 2.05) is 0 Å². The Bertz CT molecular complexity index is 366. The number of benzene rings is 1. The third-order valence-electron chi connectivity index (χ3n) is 3.71. The van der Waals surface area contributed by atoms with Gasteiger partial charge in [0.15, 0.2) is 0 Å². The number of likely N-dealkylation sites (N-methyl/N-ethyl adjacent to an activating group) is 1. The van der Waals surface area contributed by atoms with E-state index in [0.717, 1.165) is 13.0 Å². The third-order valence-corrected chi connectivity index (χ3v) is 3.71. The summed E-state index contributed by atoms with van der Waals surface area (Å²) in [4.78, 5) is 0. The Morgan fingerprint density at radius 1 is 1.11 bits per heavy atom. The molecule has 0 saturated heterocycles. The minimum atomic E-state index is 0.599. The topological polar surface area (TPSA) is 12.0 Å². The Morgan fingerprint density at radius 3 is 2.61 bits per heavy atom. The average Bonchev–Trinajstić information content (AvgIpc) is 2.41. The first-order valence-electron chi connectivity index (χ1n) is 7.33. The van der Waals surface area contributed by atoms with E-state index in [0.29, 0.717) is 6.04 Å². The molecule has 0 bridgehead atoms. The minimum absolute atomic E-state index is 0.599. The predicted octanol–water partition coefficient (Wildman–Crippen LogP) is 4.10. The van der Waals surface area contributed by atoms with E-state index in [1.54, 1.807) is 5.57 Å². The summed E-state index contributed by atoms with van der Waals surface area (Å²) in [5, 5.41) is 3.64. The Labute approximate surface area is 111 Å². The predicted molar refractivity (Wildman–Crippen MR) is 78.8 cm³/mol. The summed E-state index contributed by atoms with van der Waals surface area (Å²) in [6, 6.07) is 11.4. The second-order valence-electron chi connectivity index (χ2n) is 5.26. The van der Waals surface area contributed by atoms with E-state index in [9.17, 15) is 0 Å². The maximum atomic E-state index is 3.64. The molecule has 0 aromatic heterocycles. The lowest BCUT2D eigenvalue weighted by Crippen LogP contribution is -2.31. The zero-order valence-corrected chi connectivity index (χ0v) is 11.5. The molecule has 0 aliphatic heterocycles. The van der Waals surface area contributed by atoms with Gasteiger partial charge >= 0.3 is 0 Å². The summed E-state index contributed by atoms with van der Waals surface area (Å²) in [5.41, 5.74) is 3.11. The molecule has 0 amide bonds. The van der Waals surface area contributed by atoms with Crippen molar-refractivity contribution < 1.29 is 0 Å². The fourth-order valence-electron chi connectivity index (χ4n) is 2.81. The van der Waals surface area contributed by atoms with Crippen LogP contribution < -0.4 is 5.32 Å². The average molecular weight is 243 g/mol. The number of hydrogen-bond donors (Lipinski definition) is 1. The molecule has 0 heterocycles. The number of allylic oxidation sites excluding steroid dienone is 1. The molecule has 2 rings (SSSR count). The van der Waals surface area contributed by atoms with Crippen molar-refractivity contribution in [2.24, 2.45) is 0 Å². The highest BCUT2D eigenvalue weighted by Crippen LogP contribution is 2.22. The van der Waals surface area contributed by atoms with Crippen molar-refractivity contribution in [3.63, 3.8) is 0 Å². The molecule has 1 heteroatoms. The second-order valence-corrected chi connectivity index (χ2v) is 5.26. The molecular weight excluding hydrogens is 218 g/mol. The Morgan fingerprint density at radius 2 is 1.94 bits per heavy atom. The monoisotopic (exact) mass is 243 g/mol. The molecule has 1 aromatic carbocycles. The van der Waals surface area contributed by atoms with Crippen LogP contribution in [0, 0.1) is 0 Å². The number of nitrogens with one attached hydrogen (secondary N) is 1. The fourth-order valence-corrected chi connectivity index (χ4v) is 2.81. The van der Waals surface area contributed by atoms with Crippen molar-refractivity contribution in [3.05, 3.63) is 47.5 Å². The summed E-state index contributed by atoms with van der Waals surface area (Å²) in [6.07, 6.45) is 10.2. The van der Waals surface area contributed by atoms with Crippen LogP contribution in [0.2, 0.25) is 0 Å². The zero-order chi connectivity index (χ0) is 12.6. The molecule has 0 spiro atoms. The molecule has 1 N–H and O–H groups in total. The molecule has 1 aliphatic rings. The van der Waals surface area contributed by atoms with Crippen LogP contribution in [0.1, 0.15) is 44.6 Å². The highest BCUT2D eigenvalue weighted by atomic mass is 14.9. The van der Waals surface area contributed by atoms with Gasteiger partial charge in [-0.15, -0.1) is 0 Å². The van der Waals surface area contributed by atoms with Gasteiger partial charge in [0.05, 0.1) is 0 Å². The standard InChI is InChI=1S/C17H25N/c1-2-18-17(13-15-9-5-3-6-10-15)14-16-11-7-4-8-12-16/h3,5-6,9-11,17-18H,2,4,7-8,12-14H2,1H3. The van der Waals surface area contributed by atoms with Crippen molar-refractivity contribution in [1.82, 2.24) is 5.32 Å². The maximum absolute atomic E-state index is 3.64. The van der Waals surface area contributed by atoms with Crippen molar-refractivity contribution in [3.8, 4) is 0 Å². The first kappa shape index (κ1) is 13.4. The second kappa shape index (κ2) is 7.38. The Balaban J connectivity index is 1.93. The molecule has 1 aromatic rings. The van der Waals surface area contributed by atoms with Gasteiger partial charge in [-0.2, -0.15) is 0 Å². The van der Waals surface area contributed by atoms with E-state index in [-0.39, 0.29) is 0 Å². The fraction of sp³-hybridized carbons (Fsp3) is 0.529. The summed E-state index contributed by atoms with van der Waals surface area (Å²) in [7, 11) is 0. The first-order chi connectivity index (χ1) is 8.88. The van der Waals surface area contributed by atoms with Crippen molar-refractivity contribution in [2.45, 2.75) is 51.5 Å². The van der Waals surface area contributed by atoms with Gasteiger partial charge in [-0.3, -0.25) is 0 Å². The molecule has 0 saturated carbocycles. The zero-order valence-electron chi connectivity index (χ0n) is 11.5. The molecular formula is C17H25N. The largest absolute Gasteiger partial charge is 0.314 e. The Hall–Kier alpha value is -1.08. The smallest absolute Gasteiger partial charge is 0.0144 e. The molecule has 1 aliphatic carbocycles. The molecule has 98 valence electrons. The lowest BCUT2D eigenvalue weighted by atomic mass is 9.92. The molecule has 1 nitrogen and oxygen atoms in total. The van der Waals surface area contributed by atoms with Gasteiger partial charge in [-0.1, -0.05) is 48.9 Å². The van der Waals surface area contributed by atoms with Gasteiger partial charge in [0.2, 0.25) is 0 Å². The highest BCUT2D eigenvalue weighted by Gasteiger charge is 2.12. The summed E-state index contributed by atoms with van der Waals surface area (Å²) in [6.45, 7) is 3.26. The molecule has 18 heavy (non-hydrogen) atoms. The van der Waals surface area contributed by atoms with Gasteiger partial charge < -0.3 is 5.32 Å². The number of rotatable bonds is 6. The molecule has 0 radical (unpaired) electrons. The molecule has 1 unspecified atom stereocenters. The van der Waals surface area contributed by atoms with Gasteiger partial charge in [-0.05, 0) is 50.6 Å². The summed E-state index contributed by atoms with van der Waals surface area (Å²) in [5.74, 6) is 0. The maximum Gasteiger partial charge on any atom is 0.0144 e. The summed E-state index contributed by atoms with van der Waals surface area (Å²) >= 11 is 0. The summed E-state index contributed by atoms with van der Waals surface area (Å²) < 4.78 is 0. The van der Waals surface area contributed by atoms with E-state index >= 15 is 0 Å². The van der Waals surface area contributed by atoms with Gasteiger partial charge in [0.25, 0.3) is 0 Å². The van der Waals surface area contributed by atoms with Gasteiger partial charge in [0.1, 0.15) is 0 Å². The van der Waals surface area contributed by atoms with Crippen LogP contribution in [0.3, 0.4) is 0 Å². The van der Waals surface area contributed by atoms with Crippen LogP contribution in [0.25, 0.3) is 0 Å². The van der Waals surface area contributed by atoms with Gasteiger partial charge in [0, 0.05) is 6.04 Å². The highest BCUT2D eigenvalue weighted by molar-refractivity contribution is 5.17. The van der Waals surface area contributed by atoms with E-state index in [4.69, 9.17) is 0 Å². The lowest BCUT2D eigenvalue weighted by molar-refractivity contribution is 0.504. The van der Waals surface area contributed by atoms with E-state index < -0.39 is 0 Å². The normalized spacial score (nSPS) is 17.3. The quantitative estimate of drug-likeness (QED) is 0.742. The minimum Gasteiger partial charge on any atom is -0.314 e. The lowest BCUT2D eigenvalue weighted by Gasteiger charge is -2.21. The van der Waals surface area contributed by atoms with Crippen LogP contribution in [-0.4, -0.2) is 12.6 Å². The van der Waals surface area contributed by atoms with Crippen molar-refractivity contribution >= 4 is 0 Å². The van der Waals surface area contributed by atoms with Crippen LogP contribution in [0.4, 0.5) is 0 Å². The van der Waals surface area contributed by atoms with Crippen LogP contribution in [-0.2, 0) is 6.42 Å². The third kappa shape index (κ3) is 4.30. The SMILES string of the molecule is CCNC(CC1=CCCCC1)Cc1ccccc1. The molecule has 1 atom stereocenters.